The van der Waals surface area contributed by atoms with Crippen LogP contribution in [0.25, 0.3) is 0 Å². The molecule has 3 nitrogen and oxygen atoms in total. The maximum absolute atomic E-state index is 9.82. The van der Waals surface area contributed by atoms with Crippen molar-refractivity contribution in [3.63, 3.8) is 0 Å². The van der Waals surface area contributed by atoms with E-state index in [4.69, 9.17) is 4.74 Å². The minimum atomic E-state index is -0.399. The van der Waals surface area contributed by atoms with Crippen molar-refractivity contribution in [2.45, 2.75) is 51.4 Å². The van der Waals surface area contributed by atoms with E-state index >= 15 is 0 Å². The Hall–Kier alpha value is -0.420. The molecule has 1 fully saturated rings. The van der Waals surface area contributed by atoms with Crippen LogP contribution in [0.4, 0.5) is 0 Å². The van der Waals surface area contributed by atoms with Gasteiger partial charge in [0.1, 0.15) is 0 Å². The predicted molar refractivity (Wildman–Crippen MR) is 75.0 cm³/mol. The Morgan fingerprint density at radius 1 is 1.44 bits per heavy atom. The monoisotopic (exact) mass is 269 g/mol. The van der Waals surface area contributed by atoms with Crippen LogP contribution in [0.5, 0.6) is 0 Å². The van der Waals surface area contributed by atoms with E-state index in [1.165, 1.54) is 24.0 Å². The van der Waals surface area contributed by atoms with Crippen molar-refractivity contribution in [3.8, 4) is 0 Å². The third-order valence-electron chi connectivity index (χ3n) is 3.48. The molecule has 102 valence electrons. The molecule has 0 radical (unpaired) electrons. The van der Waals surface area contributed by atoms with E-state index in [1.807, 2.05) is 0 Å². The first kappa shape index (κ1) is 14.0. The fourth-order valence-corrected chi connectivity index (χ4v) is 3.16. The predicted octanol–water partition coefficient (Wildman–Crippen LogP) is 2.47. The van der Waals surface area contributed by atoms with E-state index in [0.29, 0.717) is 19.3 Å². The summed E-state index contributed by atoms with van der Waals surface area (Å²) < 4.78 is 5.69. The molecule has 1 unspecified atom stereocenters. The number of aliphatic hydroxyl groups excluding tert-OH is 1. The van der Waals surface area contributed by atoms with E-state index in [2.05, 4.69) is 23.0 Å². The van der Waals surface area contributed by atoms with Gasteiger partial charge in [-0.05, 0) is 41.7 Å². The molecular weight excluding hydrogens is 246 g/mol. The molecule has 0 saturated heterocycles. The lowest BCUT2D eigenvalue weighted by molar-refractivity contribution is -0.00549. The third kappa shape index (κ3) is 4.35. The molecule has 1 saturated carbocycles. The second kappa shape index (κ2) is 7.24. The number of aliphatic hydroxyl groups is 1. The third-order valence-corrected chi connectivity index (χ3v) is 4.39. The molecule has 1 aliphatic carbocycles. The first-order valence-corrected chi connectivity index (χ1v) is 7.72. The normalized spacial score (nSPS) is 18.3. The van der Waals surface area contributed by atoms with Crippen molar-refractivity contribution in [2.24, 2.45) is 0 Å². The summed E-state index contributed by atoms with van der Waals surface area (Å²) in [4.78, 5) is 0. The largest absolute Gasteiger partial charge is 0.389 e. The van der Waals surface area contributed by atoms with Crippen molar-refractivity contribution in [3.05, 3.63) is 21.9 Å². The SMILES string of the molecule is Cc1cscc1CNCC(O)COC1CCCC1. The molecule has 0 bridgehead atoms. The number of hydrogen-bond acceptors (Lipinski definition) is 4. The highest BCUT2D eigenvalue weighted by Crippen LogP contribution is 2.20. The topological polar surface area (TPSA) is 41.5 Å². The van der Waals surface area contributed by atoms with Gasteiger partial charge < -0.3 is 15.2 Å². The Bertz CT molecular complexity index is 347. The summed E-state index contributed by atoms with van der Waals surface area (Å²) in [7, 11) is 0. The summed E-state index contributed by atoms with van der Waals surface area (Å²) in [6.45, 7) is 4.01. The van der Waals surface area contributed by atoms with E-state index < -0.39 is 6.10 Å². The minimum Gasteiger partial charge on any atom is -0.389 e. The molecule has 4 heteroatoms. The lowest BCUT2D eigenvalue weighted by atomic mass is 10.2. The molecule has 0 aromatic carbocycles. The molecule has 0 spiro atoms. The first-order chi connectivity index (χ1) is 8.75. The number of thiophene rings is 1. The minimum absolute atomic E-state index is 0.388. The number of aryl methyl sites for hydroxylation is 1. The number of rotatable bonds is 7. The van der Waals surface area contributed by atoms with Gasteiger partial charge >= 0.3 is 0 Å². The number of hydrogen-bond donors (Lipinski definition) is 2. The highest BCUT2D eigenvalue weighted by atomic mass is 32.1. The molecule has 1 aromatic heterocycles. The Morgan fingerprint density at radius 2 is 2.22 bits per heavy atom. The van der Waals surface area contributed by atoms with Crippen molar-refractivity contribution < 1.29 is 9.84 Å². The summed E-state index contributed by atoms with van der Waals surface area (Å²) in [6.07, 6.45) is 4.86. The van der Waals surface area contributed by atoms with Crippen LogP contribution in [0.3, 0.4) is 0 Å². The van der Waals surface area contributed by atoms with Crippen molar-refractivity contribution in [1.82, 2.24) is 5.32 Å². The summed E-state index contributed by atoms with van der Waals surface area (Å²) in [5, 5.41) is 17.4. The highest BCUT2D eigenvalue weighted by Gasteiger charge is 2.16. The highest BCUT2D eigenvalue weighted by molar-refractivity contribution is 7.08. The van der Waals surface area contributed by atoms with Gasteiger partial charge in [0, 0.05) is 13.1 Å². The fraction of sp³-hybridized carbons (Fsp3) is 0.714. The van der Waals surface area contributed by atoms with E-state index in [-0.39, 0.29) is 0 Å². The fourth-order valence-electron chi connectivity index (χ4n) is 2.30. The first-order valence-electron chi connectivity index (χ1n) is 6.77. The molecule has 1 aliphatic rings. The standard InChI is InChI=1S/C14H23NO2S/c1-11-9-18-10-12(11)6-15-7-13(16)8-17-14-4-2-3-5-14/h9-10,13-16H,2-8H2,1H3. The van der Waals surface area contributed by atoms with Gasteiger partial charge in [0.15, 0.2) is 0 Å². The number of ether oxygens (including phenoxy) is 1. The van der Waals surface area contributed by atoms with E-state index in [0.717, 1.165) is 19.4 Å². The molecule has 1 atom stereocenters. The van der Waals surface area contributed by atoms with Crippen LogP contribution >= 0.6 is 11.3 Å². The van der Waals surface area contributed by atoms with Gasteiger partial charge in [0.2, 0.25) is 0 Å². The molecule has 2 N–H and O–H groups in total. The van der Waals surface area contributed by atoms with Crippen LogP contribution in [0.2, 0.25) is 0 Å². The summed E-state index contributed by atoms with van der Waals surface area (Å²) in [6, 6.07) is 0. The molecule has 2 rings (SSSR count). The van der Waals surface area contributed by atoms with Crippen LogP contribution in [0.15, 0.2) is 10.8 Å². The average Bonchev–Trinajstić information content (AvgIpc) is 2.99. The number of nitrogens with one attached hydrogen (secondary N) is 1. The quantitative estimate of drug-likeness (QED) is 0.799. The van der Waals surface area contributed by atoms with Gasteiger partial charge in [-0.3, -0.25) is 0 Å². The van der Waals surface area contributed by atoms with Gasteiger partial charge in [-0.25, -0.2) is 0 Å². The van der Waals surface area contributed by atoms with Gasteiger partial charge in [-0.2, -0.15) is 11.3 Å². The molecule has 1 heterocycles. The molecule has 1 aromatic rings. The molecule has 0 aliphatic heterocycles. The molecular formula is C14H23NO2S. The Labute approximate surface area is 113 Å². The zero-order valence-corrected chi connectivity index (χ0v) is 11.8. The molecule has 18 heavy (non-hydrogen) atoms. The Kier molecular flexibility index (Phi) is 5.63. The lowest BCUT2D eigenvalue weighted by Gasteiger charge is -2.16. The maximum atomic E-state index is 9.82. The summed E-state index contributed by atoms with van der Waals surface area (Å²) in [5.41, 5.74) is 2.65. The van der Waals surface area contributed by atoms with Crippen molar-refractivity contribution in [1.29, 1.82) is 0 Å². The van der Waals surface area contributed by atoms with Gasteiger partial charge in [0.25, 0.3) is 0 Å². The smallest absolute Gasteiger partial charge is 0.0897 e. The lowest BCUT2D eigenvalue weighted by Crippen LogP contribution is -2.31. The summed E-state index contributed by atoms with van der Waals surface area (Å²) in [5.74, 6) is 0. The molecule has 0 amide bonds. The van der Waals surface area contributed by atoms with Crippen molar-refractivity contribution >= 4 is 11.3 Å². The van der Waals surface area contributed by atoms with E-state index in [1.54, 1.807) is 11.3 Å². The van der Waals surface area contributed by atoms with Crippen molar-refractivity contribution in [2.75, 3.05) is 13.2 Å². The van der Waals surface area contributed by atoms with Crippen LogP contribution in [-0.2, 0) is 11.3 Å². The van der Waals surface area contributed by atoms with Gasteiger partial charge in [0.05, 0.1) is 18.8 Å². The maximum Gasteiger partial charge on any atom is 0.0897 e. The Morgan fingerprint density at radius 3 is 2.89 bits per heavy atom. The summed E-state index contributed by atoms with van der Waals surface area (Å²) >= 11 is 1.72. The van der Waals surface area contributed by atoms with Crippen LogP contribution in [0.1, 0.15) is 36.8 Å². The Balaban J connectivity index is 1.57. The average molecular weight is 269 g/mol. The zero-order chi connectivity index (χ0) is 12.8. The second-order valence-electron chi connectivity index (χ2n) is 5.10. The van der Waals surface area contributed by atoms with Crippen LogP contribution < -0.4 is 5.32 Å². The second-order valence-corrected chi connectivity index (χ2v) is 5.85. The van der Waals surface area contributed by atoms with Crippen LogP contribution in [-0.4, -0.2) is 30.5 Å². The zero-order valence-electron chi connectivity index (χ0n) is 11.0. The van der Waals surface area contributed by atoms with Crippen LogP contribution in [0, 0.1) is 6.92 Å². The van der Waals surface area contributed by atoms with Gasteiger partial charge in [-0.1, -0.05) is 12.8 Å². The van der Waals surface area contributed by atoms with E-state index in [9.17, 15) is 5.11 Å². The van der Waals surface area contributed by atoms with Gasteiger partial charge in [-0.15, -0.1) is 0 Å².